The maximum atomic E-state index is 12.2. The highest BCUT2D eigenvalue weighted by molar-refractivity contribution is 9.10. The van der Waals surface area contributed by atoms with Gasteiger partial charge in [0.2, 0.25) is 6.79 Å². The quantitative estimate of drug-likeness (QED) is 0.809. The highest BCUT2D eigenvalue weighted by Crippen LogP contribution is 2.32. The van der Waals surface area contributed by atoms with E-state index in [9.17, 15) is 4.79 Å². The van der Waals surface area contributed by atoms with E-state index in [1.807, 2.05) is 18.2 Å². The third-order valence-electron chi connectivity index (χ3n) is 3.47. The average Bonchev–Trinajstić information content (AvgIpc) is 3.02. The van der Waals surface area contributed by atoms with Crippen molar-refractivity contribution >= 4 is 33.4 Å². The van der Waals surface area contributed by atoms with Gasteiger partial charge in [0.1, 0.15) is 5.75 Å². The van der Waals surface area contributed by atoms with E-state index in [1.54, 1.807) is 25.1 Å². The van der Waals surface area contributed by atoms with Gasteiger partial charge < -0.3 is 19.5 Å². The SMILES string of the molecule is C[C@H](Oc1ccc(Br)cc1Cl)C(=O)NCc1ccc2c(c1)OCO2. The molecule has 0 saturated heterocycles. The molecule has 2 aromatic rings. The fourth-order valence-corrected chi connectivity index (χ4v) is 2.92. The normalized spacial score (nSPS) is 13.5. The number of benzene rings is 2. The first-order valence-corrected chi connectivity index (χ1v) is 8.48. The third-order valence-corrected chi connectivity index (χ3v) is 4.26. The van der Waals surface area contributed by atoms with Crippen molar-refractivity contribution in [3.8, 4) is 17.2 Å². The molecule has 24 heavy (non-hydrogen) atoms. The lowest BCUT2D eigenvalue weighted by Crippen LogP contribution is -2.35. The third kappa shape index (κ3) is 3.94. The van der Waals surface area contributed by atoms with Crippen molar-refractivity contribution in [2.24, 2.45) is 0 Å². The van der Waals surface area contributed by atoms with Crippen LogP contribution in [-0.4, -0.2) is 18.8 Å². The molecule has 0 radical (unpaired) electrons. The number of fused-ring (bicyclic) bond motifs is 1. The van der Waals surface area contributed by atoms with Gasteiger partial charge in [-0.15, -0.1) is 0 Å². The minimum absolute atomic E-state index is 0.226. The Morgan fingerprint density at radius 3 is 2.88 bits per heavy atom. The van der Waals surface area contributed by atoms with Gasteiger partial charge in [0.15, 0.2) is 17.6 Å². The van der Waals surface area contributed by atoms with Crippen LogP contribution in [0.2, 0.25) is 5.02 Å². The molecule has 0 bridgehead atoms. The first-order valence-electron chi connectivity index (χ1n) is 7.31. The van der Waals surface area contributed by atoms with Crippen LogP contribution in [0.1, 0.15) is 12.5 Å². The number of hydrogen-bond donors (Lipinski definition) is 1. The number of halogens is 2. The molecule has 5 nitrogen and oxygen atoms in total. The molecule has 126 valence electrons. The molecule has 0 fully saturated rings. The molecule has 0 aliphatic carbocycles. The fraction of sp³-hybridized carbons (Fsp3) is 0.235. The van der Waals surface area contributed by atoms with Gasteiger partial charge in [-0.2, -0.15) is 0 Å². The number of carbonyl (C=O) groups excluding carboxylic acids is 1. The van der Waals surface area contributed by atoms with Crippen molar-refractivity contribution in [1.82, 2.24) is 5.32 Å². The van der Waals surface area contributed by atoms with Crippen LogP contribution >= 0.6 is 27.5 Å². The molecular formula is C17H15BrClNO4. The molecule has 2 aromatic carbocycles. The second-order valence-electron chi connectivity index (χ2n) is 5.24. The second kappa shape index (κ2) is 7.32. The van der Waals surface area contributed by atoms with E-state index < -0.39 is 6.10 Å². The maximum Gasteiger partial charge on any atom is 0.261 e. The summed E-state index contributed by atoms with van der Waals surface area (Å²) < 4.78 is 17.0. The number of hydrogen-bond acceptors (Lipinski definition) is 4. The lowest BCUT2D eigenvalue weighted by atomic mass is 10.2. The van der Waals surface area contributed by atoms with Crippen LogP contribution in [0.15, 0.2) is 40.9 Å². The Morgan fingerprint density at radius 1 is 1.29 bits per heavy atom. The van der Waals surface area contributed by atoms with Crippen LogP contribution in [0, 0.1) is 0 Å². The molecule has 0 spiro atoms. The van der Waals surface area contributed by atoms with Crippen LogP contribution in [0.5, 0.6) is 17.2 Å². The zero-order chi connectivity index (χ0) is 17.1. The number of carbonyl (C=O) groups is 1. The van der Waals surface area contributed by atoms with E-state index in [0.717, 1.165) is 10.0 Å². The number of nitrogens with one attached hydrogen (secondary N) is 1. The zero-order valence-corrected chi connectivity index (χ0v) is 15.2. The molecular weight excluding hydrogens is 398 g/mol. The Balaban J connectivity index is 1.56. The molecule has 1 atom stereocenters. The van der Waals surface area contributed by atoms with Gasteiger partial charge in [-0.05, 0) is 42.8 Å². The minimum atomic E-state index is -0.669. The van der Waals surface area contributed by atoms with E-state index in [1.165, 1.54) is 0 Å². The summed E-state index contributed by atoms with van der Waals surface area (Å²) in [6.45, 7) is 2.27. The van der Waals surface area contributed by atoms with E-state index in [-0.39, 0.29) is 12.7 Å². The van der Waals surface area contributed by atoms with Gasteiger partial charge in [0, 0.05) is 11.0 Å². The van der Waals surface area contributed by atoms with E-state index in [4.69, 9.17) is 25.8 Å². The summed E-state index contributed by atoms with van der Waals surface area (Å²) in [7, 11) is 0. The zero-order valence-electron chi connectivity index (χ0n) is 12.8. The van der Waals surface area contributed by atoms with Gasteiger partial charge in [-0.1, -0.05) is 33.6 Å². The van der Waals surface area contributed by atoms with Crippen LogP contribution < -0.4 is 19.5 Å². The molecule has 1 aliphatic heterocycles. The van der Waals surface area contributed by atoms with Crippen molar-refractivity contribution in [1.29, 1.82) is 0 Å². The van der Waals surface area contributed by atoms with Crippen molar-refractivity contribution in [3.63, 3.8) is 0 Å². The lowest BCUT2D eigenvalue weighted by Gasteiger charge is -2.16. The summed E-state index contributed by atoms with van der Waals surface area (Å²) in [5.74, 6) is 1.64. The summed E-state index contributed by atoms with van der Waals surface area (Å²) in [6, 6.07) is 10.8. The monoisotopic (exact) mass is 411 g/mol. The van der Waals surface area contributed by atoms with Gasteiger partial charge >= 0.3 is 0 Å². The van der Waals surface area contributed by atoms with E-state index in [2.05, 4.69) is 21.2 Å². The molecule has 0 unspecified atom stereocenters. The number of rotatable bonds is 5. The van der Waals surface area contributed by atoms with Crippen molar-refractivity contribution in [3.05, 3.63) is 51.5 Å². The second-order valence-corrected chi connectivity index (χ2v) is 6.56. The molecule has 3 rings (SSSR count). The van der Waals surface area contributed by atoms with E-state index >= 15 is 0 Å². The predicted molar refractivity (Wildman–Crippen MR) is 93.7 cm³/mol. The molecule has 7 heteroatoms. The summed E-state index contributed by atoms with van der Waals surface area (Å²) in [5, 5.41) is 3.27. The molecule has 0 saturated carbocycles. The average molecular weight is 413 g/mol. The first kappa shape index (κ1) is 16.9. The standard InChI is InChI=1S/C17H15BrClNO4/c1-10(24-14-5-3-12(18)7-13(14)19)17(21)20-8-11-2-4-15-16(6-11)23-9-22-15/h2-7,10H,8-9H2,1H3,(H,20,21)/t10-/m0/s1. The van der Waals surface area contributed by atoms with Crippen molar-refractivity contribution in [2.45, 2.75) is 19.6 Å². The maximum absolute atomic E-state index is 12.2. The molecule has 1 heterocycles. The summed E-state index contributed by atoms with van der Waals surface area (Å²) >= 11 is 9.42. The van der Waals surface area contributed by atoms with Crippen molar-refractivity contribution < 1.29 is 19.0 Å². The smallest absolute Gasteiger partial charge is 0.261 e. The number of amides is 1. The van der Waals surface area contributed by atoms with Gasteiger partial charge in [-0.3, -0.25) is 4.79 Å². The molecule has 0 aromatic heterocycles. The van der Waals surface area contributed by atoms with Gasteiger partial charge in [0.25, 0.3) is 5.91 Å². The predicted octanol–water partition coefficient (Wildman–Crippen LogP) is 3.91. The largest absolute Gasteiger partial charge is 0.479 e. The summed E-state index contributed by atoms with van der Waals surface area (Å²) in [5.41, 5.74) is 0.918. The van der Waals surface area contributed by atoms with Crippen LogP contribution in [0.4, 0.5) is 0 Å². The van der Waals surface area contributed by atoms with Gasteiger partial charge in [-0.25, -0.2) is 0 Å². The first-order chi connectivity index (χ1) is 11.5. The Kier molecular flexibility index (Phi) is 5.16. The summed E-state index contributed by atoms with van der Waals surface area (Å²) in [4.78, 5) is 12.2. The van der Waals surface area contributed by atoms with Crippen LogP contribution in [0.3, 0.4) is 0 Å². The Morgan fingerprint density at radius 2 is 2.08 bits per heavy atom. The van der Waals surface area contributed by atoms with E-state index in [0.29, 0.717) is 28.8 Å². The Labute approximate surface area is 153 Å². The van der Waals surface area contributed by atoms with Crippen molar-refractivity contribution in [2.75, 3.05) is 6.79 Å². The highest BCUT2D eigenvalue weighted by Gasteiger charge is 2.17. The lowest BCUT2D eigenvalue weighted by molar-refractivity contribution is -0.127. The van der Waals surface area contributed by atoms with Gasteiger partial charge in [0.05, 0.1) is 5.02 Å². The summed E-state index contributed by atoms with van der Waals surface area (Å²) in [6.07, 6.45) is -0.669. The highest BCUT2D eigenvalue weighted by atomic mass is 79.9. The Bertz CT molecular complexity index is 768. The molecule has 1 N–H and O–H groups in total. The number of ether oxygens (including phenoxy) is 3. The fourth-order valence-electron chi connectivity index (χ4n) is 2.20. The molecule has 1 aliphatic rings. The molecule has 1 amide bonds. The minimum Gasteiger partial charge on any atom is -0.479 e. The van der Waals surface area contributed by atoms with Crippen LogP contribution in [-0.2, 0) is 11.3 Å². The topological polar surface area (TPSA) is 56.8 Å². The Hall–Kier alpha value is -1.92. The van der Waals surface area contributed by atoms with Crippen LogP contribution in [0.25, 0.3) is 0 Å².